The molecule has 2 aromatic carbocycles. The number of rotatable bonds is 6. The number of hydrogen-bond donors (Lipinski definition) is 1. The minimum atomic E-state index is -1.06. The van der Waals surface area contributed by atoms with Gasteiger partial charge < -0.3 is 18.7 Å². The number of ether oxygens (including phenoxy) is 1. The molecule has 0 saturated carbocycles. The summed E-state index contributed by atoms with van der Waals surface area (Å²) in [5.41, 5.74) is 3.72. The number of furan rings is 1. The van der Waals surface area contributed by atoms with Gasteiger partial charge in [-0.3, -0.25) is 4.90 Å². The molecule has 5 rings (SSSR count). The van der Waals surface area contributed by atoms with Crippen LogP contribution in [0.1, 0.15) is 48.3 Å². The Hall–Kier alpha value is -3.09. The van der Waals surface area contributed by atoms with Crippen LogP contribution < -0.4 is 4.74 Å². The molecule has 0 aliphatic carbocycles. The van der Waals surface area contributed by atoms with Crippen LogP contribution in [0.5, 0.6) is 5.75 Å². The molecule has 1 fully saturated rings. The van der Waals surface area contributed by atoms with Crippen LogP contribution in [-0.4, -0.2) is 40.4 Å². The fraction of sp³-hybridized carbons (Fsp3) is 0.393. The lowest BCUT2D eigenvalue weighted by Crippen LogP contribution is -2.53. The summed E-state index contributed by atoms with van der Waals surface area (Å²) < 4.78 is 17.7. The van der Waals surface area contributed by atoms with Crippen molar-refractivity contribution in [3.05, 3.63) is 71.2 Å². The summed E-state index contributed by atoms with van der Waals surface area (Å²) in [5, 5.41) is 12.1. The number of aliphatic hydroxyl groups is 1. The van der Waals surface area contributed by atoms with E-state index in [1.165, 1.54) is 16.7 Å². The topological polar surface area (TPSA) is 71.9 Å². The first kappa shape index (κ1) is 22.7. The predicted molar refractivity (Wildman–Crippen MR) is 132 cm³/mol. The third kappa shape index (κ3) is 4.48. The number of nitrogens with zero attached hydrogens (tertiary/aromatic N) is 2. The summed E-state index contributed by atoms with van der Waals surface area (Å²) in [6, 6.07) is 14.4. The van der Waals surface area contributed by atoms with Crippen molar-refractivity contribution in [2.24, 2.45) is 0 Å². The largest absolute Gasteiger partial charge is 0.488 e. The van der Waals surface area contributed by atoms with Gasteiger partial charge >= 0.3 is 0 Å². The molecular formula is C28H32N2O4. The second kappa shape index (κ2) is 8.93. The highest BCUT2D eigenvalue weighted by Crippen LogP contribution is 2.35. The standard InChI is InChI=1S/C28H32N2O4/c1-18-8-9-22(14-19(18)2)21-10-12-30(13-11-21)28(4,31)17-32-24-6-5-7-25-23(24)15-26(34-25)27-16-29-20(3)33-27/h5-9,14-16,21,31H,10-13,17H2,1-4H3/t28-/m0/s1. The summed E-state index contributed by atoms with van der Waals surface area (Å²) >= 11 is 0. The van der Waals surface area contributed by atoms with E-state index in [9.17, 15) is 5.11 Å². The summed E-state index contributed by atoms with van der Waals surface area (Å²) in [6.45, 7) is 9.79. The lowest BCUT2D eigenvalue weighted by atomic mass is 9.87. The quantitative estimate of drug-likeness (QED) is 0.382. The van der Waals surface area contributed by atoms with Crippen LogP contribution in [0.15, 0.2) is 57.5 Å². The third-order valence-corrected chi connectivity index (χ3v) is 7.07. The Morgan fingerprint density at radius 1 is 1.03 bits per heavy atom. The molecule has 178 valence electrons. The summed E-state index contributed by atoms with van der Waals surface area (Å²) in [7, 11) is 0. The number of likely N-dealkylation sites (tertiary alicyclic amines) is 1. The van der Waals surface area contributed by atoms with Gasteiger partial charge in [-0.1, -0.05) is 24.3 Å². The molecule has 1 aliphatic heterocycles. The molecule has 0 spiro atoms. The maximum atomic E-state index is 11.3. The maximum absolute atomic E-state index is 11.3. The number of aromatic nitrogens is 1. The molecule has 6 heteroatoms. The van der Waals surface area contributed by atoms with Gasteiger partial charge in [0.05, 0.1) is 11.6 Å². The first-order valence-electron chi connectivity index (χ1n) is 11.9. The third-order valence-electron chi connectivity index (χ3n) is 7.07. The monoisotopic (exact) mass is 460 g/mol. The van der Waals surface area contributed by atoms with Crippen LogP contribution in [0, 0.1) is 20.8 Å². The first-order valence-corrected chi connectivity index (χ1v) is 11.9. The zero-order valence-corrected chi connectivity index (χ0v) is 20.3. The van der Waals surface area contributed by atoms with E-state index in [1.807, 2.05) is 31.2 Å². The second-order valence-electron chi connectivity index (χ2n) is 9.63. The summed E-state index contributed by atoms with van der Waals surface area (Å²) in [4.78, 5) is 6.27. The molecular weight excluding hydrogens is 428 g/mol. The van der Waals surface area contributed by atoms with Crippen molar-refractivity contribution in [3.63, 3.8) is 0 Å². The number of fused-ring (bicyclic) bond motifs is 1. The summed E-state index contributed by atoms with van der Waals surface area (Å²) in [5.74, 6) is 2.98. The van der Waals surface area contributed by atoms with Crippen molar-refractivity contribution >= 4 is 11.0 Å². The van der Waals surface area contributed by atoms with Crippen LogP contribution in [0.25, 0.3) is 22.5 Å². The number of aryl methyl sites for hydroxylation is 3. The molecule has 1 saturated heterocycles. The molecule has 4 aromatic rings. The van der Waals surface area contributed by atoms with Gasteiger partial charge in [-0.25, -0.2) is 4.98 Å². The molecule has 34 heavy (non-hydrogen) atoms. The number of benzene rings is 2. The van der Waals surface area contributed by atoms with Gasteiger partial charge in [-0.15, -0.1) is 0 Å². The molecule has 2 aromatic heterocycles. The molecule has 3 heterocycles. The van der Waals surface area contributed by atoms with E-state index in [0.29, 0.717) is 34.7 Å². The van der Waals surface area contributed by atoms with E-state index in [4.69, 9.17) is 13.6 Å². The Kier molecular flexibility index (Phi) is 5.96. The molecule has 0 radical (unpaired) electrons. The Bertz CT molecular complexity index is 1290. The van der Waals surface area contributed by atoms with Crippen molar-refractivity contribution < 1.29 is 18.7 Å². The molecule has 1 N–H and O–H groups in total. The summed E-state index contributed by atoms with van der Waals surface area (Å²) in [6.07, 6.45) is 3.70. The van der Waals surface area contributed by atoms with Crippen molar-refractivity contribution in [2.75, 3.05) is 19.7 Å². The van der Waals surface area contributed by atoms with Crippen LogP contribution in [0.2, 0.25) is 0 Å². The number of hydrogen-bond acceptors (Lipinski definition) is 6. The smallest absolute Gasteiger partial charge is 0.191 e. The molecule has 0 unspecified atom stereocenters. The predicted octanol–water partition coefficient (Wildman–Crippen LogP) is 5.98. The van der Waals surface area contributed by atoms with Gasteiger partial charge in [0.2, 0.25) is 0 Å². The fourth-order valence-corrected chi connectivity index (χ4v) is 4.78. The molecule has 1 aliphatic rings. The van der Waals surface area contributed by atoms with E-state index in [0.717, 1.165) is 31.3 Å². The number of piperidine rings is 1. The zero-order valence-electron chi connectivity index (χ0n) is 20.3. The highest BCUT2D eigenvalue weighted by Gasteiger charge is 2.34. The fourth-order valence-electron chi connectivity index (χ4n) is 4.78. The van der Waals surface area contributed by atoms with Crippen LogP contribution in [-0.2, 0) is 0 Å². The first-order chi connectivity index (χ1) is 16.3. The average Bonchev–Trinajstić information content (AvgIpc) is 3.46. The van der Waals surface area contributed by atoms with Gasteiger partial charge in [0.15, 0.2) is 17.4 Å². The zero-order chi connectivity index (χ0) is 23.9. The second-order valence-corrected chi connectivity index (χ2v) is 9.63. The lowest BCUT2D eigenvalue weighted by Gasteiger charge is -2.41. The van der Waals surface area contributed by atoms with Crippen LogP contribution in [0.4, 0.5) is 0 Å². The Morgan fingerprint density at radius 2 is 1.82 bits per heavy atom. The highest BCUT2D eigenvalue weighted by atomic mass is 16.5. The van der Waals surface area contributed by atoms with Crippen molar-refractivity contribution in [3.8, 4) is 17.3 Å². The Labute approximate surface area is 200 Å². The van der Waals surface area contributed by atoms with Crippen molar-refractivity contribution in [1.82, 2.24) is 9.88 Å². The SMILES string of the molecule is Cc1ncc(-c2cc3c(OC[C@](C)(O)N4CCC(c5ccc(C)c(C)c5)CC4)cccc3o2)o1. The Morgan fingerprint density at radius 3 is 2.53 bits per heavy atom. The average molecular weight is 461 g/mol. The maximum Gasteiger partial charge on any atom is 0.191 e. The van der Waals surface area contributed by atoms with E-state index >= 15 is 0 Å². The minimum Gasteiger partial charge on any atom is -0.488 e. The normalized spacial score (nSPS) is 17.2. The van der Waals surface area contributed by atoms with E-state index < -0.39 is 5.72 Å². The van der Waals surface area contributed by atoms with E-state index in [2.05, 4.69) is 41.9 Å². The van der Waals surface area contributed by atoms with Gasteiger partial charge in [0, 0.05) is 20.0 Å². The van der Waals surface area contributed by atoms with Gasteiger partial charge in [0.1, 0.15) is 23.7 Å². The molecule has 0 amide bonds. The Balaban J connectivity index is 1.25. The molecule has 0 bridgehead atoms. The lowest BCUT2D eigenvalue weighted by molar-refractivity contribution is -0.126. The highest BCUT2D eigenvalue weighted by molar-refractivity contribution is 5.87. The molecule has 6 nitrogen and oxygen atoms in total. The van der Waals surface area contributed by atoms with Crippen LogP contribution in [0.3, 0.4) is 0 Å². The van der Waals surface area contributed by atoms with E-state index in [1.54, 1.807) is 13.1 Å². The molecule has 1 atom stereocenters. The van der Waals surface area contributed by atoms with Crippen molar-refractivity contribution in [2.45, 2.75) is 52.2 Å². The van der Waals surface area contributed by atoms with Gasteiger partial charge in [-0.2, -0.15) is 0 Å². The van der Waals surface area contributed by atoms with Crippen molar-refractivity contribution in [1.29, 1.82) is 0 Å². The van der Waals surface area contributed by atoms with Crippen LogP contribution >= 0.6 is 0 Å². The van der Waals surface area contributed by atoms with Gasteiger partial charge in [0.25, 0.3) is 0 Å². The van der Waals surface area contributed by atoms with Gasteiger partial charge in [-0.05, 0) is 74.4 Å². The minimum absolute atomic E-state index is 0.169. The number of oxazole rings is 1. The van der Waals surface area contributed by atoms with E-state index in [-0.39, 0.29) is 6.61 Å².